The van der Waals surface area contributed by atoms with Gasteiger partial charge in [-0.3, -0.25) is 0 Å². The molecule has 0 N–H and O–H groups in total. The van der Waals surface area contributed by atoms with Crippen LogP contribution in [0.2, 0.25) is 0 Å². The molecule has 0 bridgehead atoms. The summed E-state index contributed by atoms with van der Waals surface area (Å²) in [6, 6.07) is 92.6. The molecule has 0 atom stereocenters. The van der Waals surface area contributed by atoms with E-state index in [2.05, 4.69) is 254 Å². The zero-order chi connectivity index (χ0) is 42.2. The molecule has 11 aromatic rings. The Hall–Kier alpha value is -7.78. The molecule has 1 aromatic heterocycles. The van der Waals surface area contributed by atoms with Gasteiger partial charge in [0, 0.05) is 26.8 Å². The number of thiophene rings is 1. The van der Waals surface area contributed by atoms with E-state index in [1.165, 1.54) is 92.6 Å². The predicted molar refractivity (Wildman–Crippen MR) is 269 cm³/mol. The Kier molecular flexibility index (Phi) is 8.28. The summed E-state index contributed by atoms with van der Waals surface area (Å²) in [5.74, 6) is 0. The van der Waals surface area contributed by atoms with Crippen LogP contribution in [-0.4, -0.2) is 0 Å². The fraction of sp³-hybridized carbons (Fsp3) is 0.0323. The van der Waals surface area contributed by atoms with Crippen molar-refractivity contribution in [3.05, 3.63) is 293 Å². The largest absolute Gasteiger partial charge is 0.309 e. The van der Waals surface area contributed by atoms with E-state index in [-0.39, 0.29) is 0 Å². The molecule has 13 rings (SSSR count). The van der Waals surface area contributed by atoms with Gasteiger partial charge in [0.05, 0.1) is 21.2 Å². The molecule has 0 fully saturated rings. The van der Waals surface area contributed by atoms with E-state index in [0.29, 0.717) is 0 Å². The van der Waals surface area contributed by atoms with Crippen LogP contribution >= 0.6 is 11.3 Å². The van der Waals surface area contributed by atoms with E-state index in [1.54, 1.807) is 0 Å². The van der Waals surface area contributed by atoms with Crippen LogP contribution in [0.5, 0.6) is 0 Å². The molecule has 1 nitrogen and oxygen atoms in total. The van der Waals surface area contributed by atoms with Crippen molar-refractivity contribution in [3.63, 3.8) is 0 Å². The van der Waals surface area contributed by atoms with Gasteiger partial charge in [0.25, 0.3) is 0 Å². The van der Waals surface area contributed by atoms with Crippen LogP contribution in [-0.2, 0) is 10.8 Å². The second-order valence-corrected chi connectivity index (χ2v) is 18.2. The molecule has 2 aliphatic rings. The smallest absolute Gasteiger partial charge is 0.0713 e. The summed E-state index contributed by atoms with van der Waals surface area (Å²) < 4.78 is 2.57. The second-order valence-electron chi connectivity index (χ2n) is 17.1. The SMILES string of the molecule is c1ccc(C2(c3ccc(N(c4ccc5c(c4)-c4ccccc4C5(c4ccccc4)c4ccccc4)c4cccc5c4sc4ccccc45)cc3)c3ccccc3-c3ccccc32)cc1. The highest BCUT2D eigenvalue weighted by atomic mass is 32.1. The van der Waals surface area contributed by atoms with Crippen molar-refractivity contribution in [1.82, 2.24) is 0 Å². The van der Waals surface area contributed by atoms with Crippen molar-refractivity contribution in [2.45, 2.75) is 10.8 Å². The third-order valence-electron chi connectivity index (χ3n) is 14.0. The number of rotatable bonds is 7. The first kappa shape index (κ1) is 36.8. The Morgan fingerprint density at radius 2 is 0.719 bits per heavy atom. The summed E-state index contributed by atoms with van der Waals surface area (Å²) in [6.07, 6.45) is 0. The Labute approximate surface area is 377 Å². The van der Waals surface area contributed by atoms with Crippen molar-refractivity contribution in [2.24, 2.45) is 0 Å². The van der Waals surface area contributed by atoms with Gasteiger partial charge in [-0.2, -0.15) is 0 Å². The first-order chi connectivity index (χ1) is 31.8. The molecule has 0 radical (unpaired) electrons. The van der Waals surface area contributed by atoms with Crippen molar-refractivity contribution < 1.29 is 0 Å². The molecular weight excluding hydrogens is 791 g/mol. The van der Waals surface area contributed by atoms with Crippen molar-refractivity contribution in [2.75, 3.05) is 4.90 Å². The maximum absolute atomic E-state index is 2.50. The Bertz CT molecular complexity index is 3470. The third-order valence-corrected chi connectivity index (χ3v) is 15.3. The van der Waals surface area contributed by atoms with Gasteiger partial charge in [0.2, 0.25) is 0 Å². The average molecular weight is 832 g/mol. The molecule has 1 heterocycles. The summed E-state index contributed by atoms with van der Waals surface area (Å²) in [4.78, 5) is 2.50. The molecule has 0 saturated carbocycles. The topological polar surface area (TPSA) is 3.24 Å². The van der Waals surface area contributed by atoms with Crippen LogP contribution in [0.15, 0.2) is 249 Å². The number of benzene rings is 10. The lowest BCUT2D eigenvalue weighted by Gasteiger charge is -2.35. The van der Waals surface area contributed by atoms with Gasteiger partial charge in [0.15, 0.2) is 0 Å². The minimum absolute atomic E-state index is 0.468. The summed E-state index contributed by atoms with van der Waals surface area (Å²) in [5.41, 5.74) is 17.9. The summed E-state index contributed by atoms with van der Waals surface area (Å²) in [6.45, 7) is 0. The highest BCUT2D eigenvalue weighted by molar-refractivity contribution is 7.26. The van der Waals surface area contributed by atoms with Gasteiger partial charge in [-0.1, -0.05) is 212 Å². The van der Waals surface area contributed by atoms with Gasteiger partial charge in [-0.15, -0.1) is 11.3 Å². The van der Waals surface area contributed by atoms with E-state index in [9.17, 15) is 0 Å². The molecule has 0 spiro atoms. The van der Waals surface area contributed by atoms with Crippen LogP contribution in [0, 0.1) is 0 Å². The summed E-state index contributed by atoms with van der Waals surface area (Å²) in [5, 5.41) is 2.57. The first-order valence-corrected chi connectivity index (χ1v) is 23.0. The number of fused-ring (bicyclic) bond motifs is 9. The monoisotopic (exact) mass is 831 g/mol. The number of hydrogen-bond donors (Lipinski definition) is 0. The number of nitrogens with zero attached hydrogens (tertiary/aromatic N) is 1. The lowest BCUT2D eigenvalue weighted by Crippen LogP contribution is -2.28. The lowest BCUT2D eigenvalue weighted by atomic mass is 9.67. The van der Waals surface area contributed by atoms with Crippen LogP contribution in [0.1, 0.15) is 44.5 Å². The molecular formula is C62H41NS. The van der Waals surface area contributed by atoms with Crippen LogP contribution in [0.3, 0.4) is 0 Å². The molecule has 64 heavy (non-hydrogen) atoms. The quantitative estimate of drug-likeness (QED) is 0.155. The molecule has 2 heteroatoms. The molecule has 2 aliphatic carbocycles. The molecule has 300 valence electrons. The van der Waals surface area contributed by atoms with Gasteiger partial charge in [-0.05, 0) is 103 Å². The van der Waals surface area contributed by atoms with Crippen molar-refractivity contribution in [3.8, 4) is 22.3 Å². The fourth-order valence-corrected chi connectivity index (χ4v) is 12.7. The Balaban J connectivity index is 1.05. The summed E-state index contributed by atoms with van der Waals surface area (Å²) in [7, 11) is 0. The Morgan fingerprint density at radius 3 is 1.28 bits per heavy atom. The van der Waals surface area contributed by atoms with E-state index in [1.807, 2.05) is 11.3 Å². The minimum Gasteiger partial charge on any atom is -0.309 e. The zero-order valence-electron chi connectivity index (χ0n) is 35.0. The average Bonchev–Trinajstić information content (AvgIpc) is 4.01. The fourth-order valence-electron chi connectivity index (χ4n) is 11.5. The first-order valence-electron chi connectivity index (χ1n) is 22.2. The molecule has 0 unspecified atom stereocenters. The summed E-state index contributed by atoms with van der Waals surface area (Å²) >= 11 is 1.88. The van der Waals surface area contributed by atoms with Crippen LogP contribution in [0.4, 0.5) is 17.1 Å². The molecule has 10 aromatic carbocycles. The van der Waals surface area contributed by atoms with Crippen molar-refractivity contribution in [1.29, 1.82) is 0 Å². The maximum atomic E-state index is 2.50. The van der Waals surface area contributed by atoms with Gasteiger partial charge in [-0.25, -0.2) is 0 Å². The van der Waals surface area contributed by atoms with Crippen LogP contribution < -0.4 is 4.90 Å². The van der Waals surface area contributed by atoms with Crippen molar-refractivity contribution >= 4 is 48.6 Å². The lowest BCUT2D eigenvalue weighted by molar-refractivity contribution is 0.768. The van der Waals surface area contributed by atoms with E-state index in [0.717, 1.165) is 11.4 Å². The Morgan fingerprint density at radius 1 is 0.297 bits per heavy atom. The van der Waals surface area contributed by atoms with E-state index in [4.69, 9.17) is 0 Å². The molecule has 0 aliphatic heterocycles. The van der Waals surface area contributed by atoms with Crippen LogP contribution in [0.25, 0.3) is 42.4 Å². The van der Waals surface area contributed by atoms with E-state index >= 15 is 0 Å². The zero-order valence-corrected chi connectivity index (χ0v) is 35.8. The normalized spacial score (nSPS) is 13.9. The standard InChI is InChI=1S/C62H41NS/c1-4-19-42(20-5-1)61(43-21-6-2-7-22-43)56-32-16-12-27-50(56)53-41-47(39-40-57(53)61)63(58-33-18-29-52-51-28-13-17-34-59(51)64-60(52)58)46-37-35-45(36-38-46)62(44-23-8-3-9-24-44)54-30-14-10-25-48(54)49-26-11-15-31-55(49)62/h1-41H. The second kappa shape index (κ2) is 14.4. The number of anilines is 3. The van der Waals surface area contributed by atoms with Gasteiger partial charge >= 0.3 is 0 Å². The number of hydrogen-bond acceptors (Lipinski definition) is 2. The highest BCUT2D eigenvalue weighted by Crippen LogP contribution is 2.59. The predicted octanol–water partition coefficient (Wildman–Crippen LogP) is 16.3. The maximum Gasteiger partial charge on any atom is 0.0713 e. The minimum atomic E-state index is -0.473. The molecule has 0 amide bonds. The third kappa shape index (κ3) is 5.12. The van der Waals surface area contributed by atoms with Gasteiger partial charge < -0.3 is 4.90 Å². The van der Waals surface area contributed by atoms with Gasteiger partial charge in [0.1, 0.15) is 0 Å². The highest BCUT2D eigenvalue weighted by Gasteiger charge is 2.47. The molecule has 0 saturated heterocycles. The van der Waals surface area contributed by atoms with E-state index < -0.39 is 10.8 Å².